The van der Waals surface area contributed by atoms with Crippen molar-refractivity contribution in [2.45, 2.75) is 46.1 Å². The van der Waals surface area contributed by atoms with E-state index >= 15 is 0 Å². The number of rotatable bonds is 11. The lowest BCUT2D eigenvalue weighted by molar-refractivity contribution is 0.0954. The largest absolute Gasteiger partial charge is 0.494 e. The van der Waals surface area contributed by atoms with Gasteiger partial charge in [-0.05, 0) is 68.1 Å². The van der Waals surface area contributed by atoms with Crippen molar-refractivity contribution < 1.29 is 9.53 Å². The van der Waals surface area contributed by atoms with E-state index in [-0.39, 0.29) is 5.91 Å². The quantitative estimate of drug-likeness (QED) is 0.294. The lowest BCUT2D eigenvalue weighted by atomic mass is 10.1. The SMILES string of the molecule is CCc1ccc(OCCCCn2c(CCNC(=O)c3ccc(C)cc3)nc3ccccc32)cc1. The van der Waals surface area contributed by atoms with E-state index in [0.717, 1.165) is 54.0 Å². The minimum Gasteiger partial charge on any atom is -0.494 e. The van der Waals surface area contributed by atoms with Crippen LogP contribution in [0, 0.1) is 6.92 Å². The van der Waals surface area contributed by atoms with Crippen molar-refractivity contribution in [3.05, 3.63) is 95.3 Å². The van der Waals surface area contributed by atoms with E-state index in [2.05, 4.69) is 35.0 Å². The van der Waals surface area contributed by atoms with Crippen LogP contribution in [0.1, 0.15) is 47.1 Å². The third-order valence-corrected chi connectivity index (χ3v) is 6.06. The maximum Gasteiger partial charge on any atom is 0.251 e. The normalized spacial score (nSPS) is 11.0. The van der Waals surface area contributed by atoms with E-state index in [1.165, 1.54) is 5.56 Å². The first-order valence-electron chi connectivity index (χ1n) is 12.1. The monoisotopic (exact) mass is 455 g/mol. The standard InChI is InChI=1S/C29H33N3O2/c1-3-23-12-16-25(17-13-23)34-21-7-6-20-32-27-9-5-4-8-26(27)31-28(32)18-19-30-29(33)24-14-10-22(2)11-15-24/h4-5,8-17H,3,6-7,18-21H2,1-2H3,(H,30,33). The van der Waals surface area contributed by atoms with Crippen molar-refractivity contribution in [3.8, 4) is 5.75 Å². The molecule has 0 aliphatic carbocycles. The third kappa shape index (κ3) is 6.04. The van der Waals surface area contributed by atoms with Gasteiger partial charge in [-0.1, -0.05) is 48.9 Å². The van der Waals surface area contributed by atoms with E-state index in [4.69, 9.17) is 9.72 Å². The van der Waals surface area contributed by atoms with Gasteiger partial charge in [0.15, 0.2) is 0 Å². The number of carbonyl (C=O) groups excluding carboxylic acids is 1. The Morgan fingerprint density at radius 1 is 0.971 bits per heavy atom. The molecule has 5 heteroatoms. The Morgan fingerprint density at radius 2 is 1.74 bits per heavy atom. The Morgan fingerprint density at radius 3 is 2.50 bits per heavy atom. The first kappa shape index (κ1) is 23.6. The number of unbranched alkanes of at least 4 members (excludes halogenated alkanes) is 1. The molecule has 34 heavy (non-hydrogen) atoms. The zero-order chi connectivity index (χ0) is 23.8. The van der Waals surface area contributed by atoms with Crippen molar-refractivity contribution >= 4 is 16.9 Å². The number of benzene rings is 3. The molecule has 0 aliphatic heterocycles. The number of hydrogen-bond acceptors (Lipinski definition) is 3. The summed E-state index contributed by atoms with van der Waals surface area (Å²) in [5.41, 5.74) is 5.28. The van der Waals surface area contributed by atoms with Crippen LogP contribution in [-0.4, -0.2) is 28.6 Å². The zero-order valence-corrected chi connectivity index (χ0v) is 20.1. The Kier molecular flexibility index (Phi) is 7.97. The topological polar surface area (TPSA) is 56.1 Å². The van der Waals surface area contributed by atoms with Crippen LogP contribution in [0.3, 0.4) is 0 Å². The minimum absolute atomic E-state index is 0.0493. The molecule has 0 saturated heterocycles. The fraction of sp³-hybridized carbons (Fsp3) is 0.310. The summed E-state index contributed by atoms with van der Waals surface area (Å²) in [7, 11) is 0. The van der Waals surface area contributed by atoms with Gasteiger partial charge in [-0.3, -0.25) is 4.79 Å². The van der Waals surface area contributed by atoms with Gasteiger partial charge in [0.05, 0.1) is 17.6 Å². The number of carbonyl (C=O) groups is 1. The molecule has 1 aromatic heterocycles. The van der Waals surface area contributed by atoms with E-state index in [9.17, 15) is 4.79 Å². The summed E-state index contributed by atoms with van der Waals surface area (Å²) in [4.78, 5) is 17.3. The van der Waals surface area contributed by atoms with Gasteiger partial charge in [0.1, 0.15) is 11.6 Å². The number of nitrogens with zero attached hydrogens (tertiary/aromatic N) is 2. The molecule has 0 unspecified atom stereocenters. The van der Waals surface area contributed by atoms with E-state index in [1.54, 1.807) is 0 Å². The van der Waals surface area contributed by atoms with Gasteiger partial charge in [-0.15, -0.1) is 0 Å². The number of ether oxygens (including phenoxy) is 1. The number of fused-ring (bicyclic) bond motifs is 1. The van der Waals surface area contributed by atoms with E-state index in [0.29, 0.717) is 25.1 Å². The zero-order valence-electron chi connectivity index (χ0n) is 20.1. The molecule has 1 N–H and O–H groups in total. The molecule has 0 bridgehead atoms. The second-order valence-electron chi connectivity index (χ2n) is 8.59. The van der Waals surface area contributed by atoms with Crippen molar-refractivity contribution in [2.75, 3.05) is 13.2 Å². The molecule has 0 saturated carbocycles. The lowest BCUT2D eigenvalue weighted by Crippen LogP contribution is -2.26. The molecule has 0 spiro atoms. The molecule has 4 rings (SSSR count). The van der Waals surface area contributed by atoms with Gasteiger partial charge in [0.25, 0.3) is 5.91 Å². The van der Waals surface area contributed by atoms with Crippen LogP contribution in [0.4, 0.5) is 0 Å². The number of aryl methyl sites for hydroxylation is 3. The Hall–Kier alpha value is -3.60. The molecule has 176 valence electrons. The smallest absolute Gasteiger partial charge is 0.251 e. The van der Waals surface area contributed by atoms with Crippen molar-refractivity contribution in [2.24, 2.45) is 0 Å². The molecule has 3 aromatic carbocycles. The van der Waals surface area contributed by atoms with Crippen LogP contribution in [-0.2, 0) is 19.4 Å². The maximum absolute atomic E-state index is 12.4. The van der Waals surface area contributed by atoms with Crippen LogP contribution in [0.15, 0.2) is 72.8 Å². The average molecular weight is 456 g/mol. The highest BCUT2D eigenvalue weighted by Gasteiger charge is 2.11. The molecule has 1 amide bonds. The molecule has 0 radical (unpaired) electrons. The Labute approximate surface area is 201 Å². The first-order valence-corrected chi connectivity index (χ1v) is 12.1. The molecule has 0 atom stereocenters. The van der Waals surface area contributed by atoms with Gasteiger partial charge < -0.3 is 14.6 Å². The molecular weight excluding hydrogens is 422 g/mol. The number of amides is 1. The van der Waals surface area contributed by atoms with Crippen LogP contribution >= 0.6 is 0 Å². The molecular formula is C29H33N3O2. The molecule has 0 aliphatic rings. The fourth-order valence-electron chi connectivity index (χ4n) is 4.04. The van der Waals surface area contributed by atoms with Crippen LogP contribution in [0.2, 0.25) is 0 Å². The van der Waals surface area contributed by atoms with Crippen molar-refractivity contribution in [3.63, 3.8) is 0 Å². The van der Waals surface area contributed by atoms with Crippen LogP contribution in [0.5, 0.6) is 5.75 Å². The number of hydrogen-bond donors (Lipinski definition) is 1. The summed E-state index contributed by atoms with van der Waals surface area (Å²) in [5, 5.41) is 3.03. The minimum atomic E-state index is -0.0493. The number of aromatic nitrogens is 2. The Balaban J connectivity index is 1.31. The third-order valence-electron chi connectivity index (χ3n) is 6.06. The van der Waals surface area contributed by atoms with Gasteiger partial charge in [-0.25, -0.2) is 4.98 Å². The number of imidazole rings is 1. The van der Waals surface area contributed by atoms with E-state index < -0.39 is 0 Å². The lowest BCUT2D eigenvalue weighted by Gasteiger charge is -2.11. The summed E-state index contributed by atoms with van der Waals surface area (Å²) in [6, 6.07) is 24.2. The van der Waals surface area contributed by atoms with E-state index in [1.807, 2.05) is 61.5 Å². The summed E-state index contributed by atoms with van der Waals surface area (Å²) in [6.45, 7) is 6.29. The molecule has 4 aromatic rings. The highest BCUT2D eigenvalue weighted by molar-refractivity contribution is 5.94. The highest BCUT2D eigenvalue weighted by atomic mass is 16.5. The van der Waals surface area contributed by atoms with Crippen molar-refractivity contribution in [1.82, 2.24) is 14.9 Å². The summed E-state index contributed by atoms with van der Waals surface area (Å²) in [6.07, 6.45) is 3.69. The number of para-hydroxylation sites is 2. The second-order valence-corrected chi connectivity index (χ2v) is 8.59. The average Bonchev–Trinajstić information content (AvgIpc) is 3.22. The highest BCUT2D eigenvalue weighted by Crippen LogP contribution is 2.18. The predicted molar refractivity (Wildman–Crippen MR) is 137 cm³/mol. The summed E-state index contributed by atoms with van der Waals surface area (Å²) in [5.74, 6) is 1.88. The maximum atomic E-state index is 12.4. The second kappa shape index (κ2) is 11.5. The van der Waals surface area contributed by atoms with Gasteiger partial charge in [-0.2, -0.15) is 0 Å². The number of nitrogens with one attached hydrogen (secondary N) is 1. The fourth-order valence-corrected chi connectivity index (χ4v) is 4.04. The van der Waals surface area contributed by atoms with Gasteiger partial charge in [0, 0.05) is 25.1 Å². The van der Waals surface area contributed by atoms with Crippen LogP contribution < -0.4 is 10.1 Å². The predicted octanol–water partition coefficient (Wildman–Crippen LogP) is 5.74. The summed E-state index contributed by atoms with van der Waals surface area (Å²) < 4.78 is 8.19. The van der Waals surface area contributed by atoms with Gasteiger partial charge in [0.2, 0.25) is 0 Å². The molecule has 0 fully saturated rings. The summed E-state index contributed by atoms with van der Waals surface area (Å²) >= 11 is 0. The Bertz CT molecular complexity index is 1210. The van der Waals surface area contributed by atoms with Crippen molar-refractivity contribution in [1.29, 1.82) is 0 Å². The first-order chi connectivity index (χ1) is 16.6. The molecule has 1 heterocycles. The van der Waals surface area contributed by atoms with Crippen LogP contribution in [0.25, 0.3) is 11.0 Å². The molecule has 5 nitrogen and oxygen atoms in total. The van der Waals surface area contributed by atoms with Gasteiger partial charge >= 0.3 is 0 Å².